The average Bonchev–Trinajstić information content (AvgIpc) is 2.39. The number of amidine groups is 1. The van der Waals surface area contributed by atoms with Crippen LogP contribution in [0.2, 0.25) is 5.02 Å². The van der Waals surface area contributed by atoms with E-state index in [1.165, 1.54) is 0 Å². The van der Waals surface area contributed by atoms with Crippen molar-refractivity contribution in [3.63, 3.8) is 0 Å². The largest absolute Gasteiger partial charge is 0.409 e. The molecule has 0 heterocycles. The molecule has 1 amide bonds. The Hall–Kier alpha value is -1.02. The van der Waals surface area contributed by atoms with Gasteiger partial charge in [-0.15, -0.1) is 0 Å². The molecule has 0 fully saturated rings. The van der Waals surface area contributed by atoms with Crippen LogP contribution in [0.4, 0.5) is 5.69 Å². The van der Waals surface area contributed by atoms with Crippen molar-refractivity contribution in [3.05, 3.63) is 26.8 Å². The van der Waals surface area contributed by atoms with E-state index in [2.05, 4.69) is 33.1 Å². The zero-order chi connectivity index (χ0) is 14.6. The van der Waals surface area contributed by atoms with Crippen LogP contribution in [0, 0.1) is 8.99 Å². The second-order valence-corrected chi connectivity index (χ2v) is 5.85. The maximum atomic E-state index is 12.3. The Morgan fingerprint density at radius 2 is 2.26 bits per heavy atom. The molecule has 0 aliphatic rings. The predicted octanol–water partition coefficient (Wildman–Crippen LogP) is 3.05. The third kappa shape index (κ3) is 3.50. The van der Waals surface area contributed by atoms with Crippen LogP contribution in [-0.4, -0.2) is 17.0 Å². The van der Waals surface area contributed by atoms with Gasteiger partial charge in [0.15, 0.2) is 5.84 Å². The predicted molar refractivity (Wildman–Crippen MR) is 84.6 cm³/mol. The number of nitrogens with one attached hydrogen (secondary N) is 1. The lowest BCUT2D eigenvalue weighted by molar-refractivity contribution is -0.121. The van der Waals surface area contributed by atoms with Gasteiger partial charge in [-0.3, -0.25) is 4.79 Å². The van der Waals surface area contributed by atoms with Crippen LogP contribution >= 0.6 is 34.2 Å². The summed E-state index contributed by atoms with van der Waals surface area (Å²) in [5, 5.41) is 15.1. The highest BCUT2D eigenvalue weighted by atomic mass is 127. The van der Waals surface area contributed by atoms with Crippen molar-refractivity contribution < 1.29 is 10.0 Å². The molecular weight excluding hydrogens is 381 g/mol. The Balaban J connectivity index is 3.01. The first kappa shape index (κ1) is 16.0. The molecule has 1 aromatic carbocycles. The van der Waals surface area contributed by atoms with Gasteiger partial charge in [-0.1, -0.05) is 23.7 Å². The number of rotatable bonds is 4. The molecule has 0 bridgehead atoms. The molecule has 0 aliphatic heterocycles. The number of halogens is 2. The number of nitrogens with two attached hydrogens (primary N) is 1. The molecule has 0 aromatic heterocycles. The molecule has 7 heteroatoms. The maximum absolute atomic E-state index is 12.3. The number of oxime groups is 1. The number of carbonyl (C=O) groups is 1. The highest BCUT2D eigenvalue weighted by Crippen LogP contribution is 2.27. The summed E-state index contributed by atoms with van der Waals surface area (Å²) >= 11 is 7.93. The molecule has 0 aliphatic carbocycles. The van der Waals surface area contributed by atoms with E-state index < -0.39 is 5.41 Å². The first-order chi connectivity index (χ1) is 8.85. The first-order valence-electron chi connectivity index (χ1n) is 5.59. The van der Waals surface area contributed by atoms with Crippen molar-refractivity contribution >= 4 is 51.6 Å². The highest BCUT2D eigenvalue weighted by molar-refractivity contribution is 14.1. The molecule has 0 saturated heterocycles. The lowest BCUT2D eigenvalue weighted by atomic mass is 9.85. The SMILES string of the molecule is CCC(C)(C(=O)Nc1ccc(Cl)cc1I)/C(N)=N/O. The molecule has 19 heavy (non-hydrogen) atoms. The Kier molecular flexibility index (Phi) is 5.42. The van der Waals surface area contributed by atoms with Gasteiger partial charge in [-0.05, 0) is 54.1 Å². The Morgan fingerprint density at radius 3 is 2.74 bits per heavy atom. The molecule has 1 unspecified atom stereocenters. The Bertz CT molecular complexity index is 522. The van der Waals surface area contributed by atoms with Gasteiger partial charge in [0.05, 0.1) is 5.69 Å². The van der Waals surface area contributed by atoms with Crippen LogP contribution in [-0.2, 0) is 4.79 Å². The monoisotopic (exact) mass is 395 g/mol. The van der Waals surface area contributed by atoms with Crippen LogP contribution in [0.3, 0.4) is 0 Å². The van der Waals surface area contributed by atoms with Gasteiger partial charge in [0.25, 0.3) is 0 Å². The summed E-state index contributed by atoms with van der Waals surface area (Å²) in [5.41, 5.74) is 5.18. The molecule has 4 N–H and O–H groups in total. The van der Waals surface area contributed by atoms with E-state index in [4.69, 9.17) is 22.5 Å². The number of hydrogen-bond donors (Lipinski definition) is 3. The van der Waals surface area contributed by atoms with Gasteiger partial charge in [0.1, 0.15) is 5.41 Å². The minimum atomic E-state index is -1.06. The van der Waals surface area contributed by atoms with Crippen LogP contribution in [0.1, 0.15) is 20.3 Å². The minimum absolute atomic E-state index is 0.114. The molecule has 1 rings (SSSR count). The zero-order valence-electron chi connectivity index (χ0n) is 10.6. The van der Waals surface area contributed by atoms with E-state index in [9.17, 15) is 4.79 Å². The highest BCUT2D eigenvalue weighted by Gasteiger charge is 2.36. The Morgan fingerprint density at radius 1 is 1.63 bits per heavy atom. The summed E-state index contributed by atoms with van der Waals surface area (Å²) in [6.07, 6.45) is 0.416. The van der Waals surface area contributed by atoms with Crippen molar-refractivity contribution in [3.8, 4) is 0 Å². The minimum Gasteiger partial charge on any atom is -0.409 e. The Labute approximate surface area is 130 Å². The fourth-order valence-electron chi connectivity index (χ4n) is 1.42. The molecule has 104 valence electrons. The maximum Gasteiger partial charge on any atom is 0.238 e. The molecule has 1 aromatic rings. The summed E-state index contributed by atoms with van der Waals surface area (Å²) in [4.78, 5) is 12.3. The second-order valence-electron chi connectivity index (χ2n) is 4.25. The fourth-order valence-corrected chi connectivity index (χ4v) is 2.43. The van der Waals surface area contributed by atoms with Gasteiger partial charge in [0.2, 0.25) is 5.91 Å². The third-order valence-electron chi connectivity index (χ3n) is 3.06. The van der Waals surface area contributed by atoms with E-state index in [1.54, 1.807) is 32.0 Å². The van der Waals surface area contributed by atoms with Gasteiger partial charge >= 0.3 is 0 Å². The topological polar surface area (TPSA) is 87.7 Å². The molecular formula is C12H15ClIN3O2. The first-order valence-corrected chi connectivity index (χ1v) is 7.05. The fraction of sp³-hybridized carbons (Fsp3) is 0.333. The van der Waals surface area contributed by atoms with Gasteiger partial charge in [-0.2, -0.15) is 0 Å². The second kappa shape index (κ2) is 6.42. The normalized spacial score (nSPS) is 14.8. The summed E-state index contributed by atoms with van der Waals surface area (Å²) in [6, 6.07) is 5.14. The summed E-state index contributed by atoms with van der Waals surface area (Å²) in [7, 11) is 0. The summed E-state index contributed by atoms with van der Waals surface area (Å²) in [6.45, 7) is 3.42. The molecule has 1 atom stereocenters. The van der Waals surface area contributed by atoms with Crippen molar-refractivity contribution in [2.75, 3.05) is 5.32 Å². The lowest BCUT2D eigenvalue weighted by Crippen LogP contribution is -2.44. The van der Waals surface area contributed by atoms with Crippen molar-refractivity contribution in [1.82, 2.24) is 0 Å². The van der Waals surface area contributed by atoms with Crippen molar-refractivity contribution in [2.45, 2.75) is 20.3 Å². The number of hydrogen-bond acceptors (Lipinski definition) is 3. The van der Waals surface area contributed by atoms with Crippen molar-refractivity contribution in [2.24, 2.45) is 16.3 Å². The van der Waals surface area contributed by atoms with Gasteiger partial charge < -0.3 is 16.3 Å². The summed E-state index contributed by atoms with van der Waals surface area (Å²) < 4.78 is 0.816. The molecule has 0 radical (unpaired) electrons. The number of carbonyl (C=O) groups excluding carboxylic acids is 1. The van der Waals surface area contributed by atoms with E-state index in [0.717, 1.165) is 3.57 Å². The van der Waals surface area contributed by atoms with Gasteiger partial charge in [0, 0.05) is 8.59 Å². The van der Waals surface area contributed by atoms with E-state index in [0.29, 0.717) is 17.1 Å². The van der Waals surface area contributed by atoms with Crippen molar-refractivity contribution in [1.29, 1.82) is 0 Å². The van der Waals surface area contributed by atoms with Crippen LogP contribution in [0.25, 0.3) is 0 Å². The zero-order valence-corrected chi connectivity index (χ0v) is 13.5. The van der Waals surface area contributed by atoms with Gasteiger partial charge in [-0.25, -0.2) is 0 Å². The third-order valence-corrected chi connectivity index (χ3v) is 4.19. The molecule has 5 nitrogen and oxygen atoms in total. The standard InChI is InChI=1S/C12H15ClIN3O2/c1-3-12(2,10(15)17-19)11(18)16-9-5-4-7(13)6-8(9)14/h4-6,19H,3H2,1-2H3,(H2,15,17)(H,16,18). The smallest absolute Gasteiger partial charge is 0.238 e. The number of nitrogens with zero attached hydrogens (tertiary/aromatic N) is 1. The molecule has 0 saturated carbocycles. The van der Waals surface area contributed by atoms with Crippen LogP contribution < -0.4 is 11.1 Å². The van der Waals surface area contributed by atoms with E-state index >= 15 is 0 Å². The average molecular weight is 396 g/mol. The lowest BCUT2D eigenvalue weighted by Gasteiger charge is -2.25. The van der Waals surface area contributed by atoms with Crippen LogP contribution in [0.15, 0.2) is 23.4 Å². The van der Waals surface area contributed by atoms with E-state index in [-0.39, 0.29) is 11.7 Å². The number of anilines is 1. The molecule has 0 spiro atoms. The summed E-state index contributed by atoms with van der Waals surface area (Å²) in [5.74, 6) is -0.443. The number of amides is 1. The quantitative estimate of drug-likeness (QED) is 0.241. The van der Waals surface area contributed by atoms with Crippen LogP contribution in [0.5, 0.6) is 0 Å². The number of benzene rings is 1. The van der Waals surface area contributed by atoms with E-state index in [1.807, 2.05) is 0 Å².